The zero-order valence-corrected chi connectivity index (χ0v) is 22.6. The lowest BCUT2D eigenvalue weighted by atomic mass is 9.75. The van der Waals surface area contributed by atoms with E-state index in [2.05, 4.69) is 0 Å². The van der Waals surface area contributed by atoms with Gasteiger partial charge in [0.05, 0.1) is 12.8 Å². The van der Waals surface area contributed by atoms with Gasteiger partial charge in [0.2, 0.25) is 5.91 Å². The number of methoxy groups -OCH3 is 1. The second-order valence-corrected chi connectivity index (χ2v) is 10.3. The number of aromatic nitrogens is 1. The summed E-state index contributed by atoms with van der Waals surface area (Å²) in [6.07, 6.45) is 0.00813. The van der Waals surface area contributed by atoms with Crippen molar-refractivity contribution >= 4 is 58.9 Å². The molecular formula is C28H24ClN3O3S2. The Balaban J connectivity index is 1.60. The molecule has 1 amide bonds. The second kappa shape index (κ2) is 10.2. The second-order valence-electron chi connectivity index (χ2n) is 8.76. The number of amides is 1. The molecule has 0 bridgehead atoms. The van der Waals surface area contributed by atoms with Crippen molar-refractivity contribution in [3.63, 3.8) is 0 Å². The molecular weight excluding hydrogens is 526 g/mol. The molecule has 5 rings (SSSR count). The standard InChI is InChI=1S/C28H24ClN3O3S2/c1-31(19-7-5-8-20(15-19)35-2)25-12-6-11-24(30-25)28(18-13-14-37-17-18)16-23(33)26(27(34)32(28)36)21-9-3-4-10-22(21)29/h3-15,17,26,36H,16H2,1-2H3. The first-order valence-corrected chi connectivity index (χ1v) is 13.3. The van der Waals surface area contributed by atoms with E-state index < -0.39 is 17.4 Å². The van der Waals surface area contributed by atoms with E-state index in [1.807, 2.05) is 71.2 Å². The first-order valence-electron chi connectivity index (χ1n) is 11.5. The van der Waals surface area contributed by atoms with Gasteiger partial charge in [-0.25, -0.2) is 4.98 Å². The normalized spacial score (nSPS) is 19.7. The van der Waals surface area contributed by atoms with E-state index in [9.17, 15) is 9.59 Å². The van der Waals surface area contributed by atoms with Gasteiger partial charge in [0.25, 0.3) is 0 Å². The lowest BCUT2D eigenvalue weighted by Crippen LogP contribution is -2.54. The van der Waals surface area contributed by atoms with Gasteiger partial charge >= 0.3 is 0 Å². The molecule has 2 aromatic carbocycles. The Kier molecular flexibility index (Phi) is 6.98. The van der Waals surface area contributed by atoms with Gasteiger partial charge < -0.3 is 9.64 Å². The molecule has 2 unspecified atom stereocenters. The van der Waals surface area contributed by atoms with Crippen molar-refractivity contribution in [2.75, 3.05) is 19.1 Å². The minimum Gasteiger partial charge on any atom is -0.497 e. The Morgan fingerprint density at radius 2 is 1.89 bits per heavy atom. The molecule has 1 aliphatic rings. The average molecular weight is 550 g/mol. The number of ether oxygens (including phenoxy) is 1. The number of carbonyl (C=O) groups excluding carboxylic acids is 2. The van der Waals surface area contributed by atoms with Crippen LogP contribution in [0.2, 0.25) is 5.02 Å². The number of benzene rings is 2. The molecule has 1 saturated heterocycles. The third kappa shape index (κ3) is 4.39. The Hall–Kier alpha value is -3.33. The molecule has 4 aromatic rings. The Morgan fingerprint density at radius 1 is 1.11 bits per heavy atom. The largest absolute Gasteiger partial charge is 0.497 e. The summed E-state index contributed by atoms with van der Waals surface area (Å²) in [5, 5.41) is 4.22. The van der Waals surface area contributed by atoms with E-state index in [1.54, 1.807) is 31.4 Å². The van der Waals surface area contributed by atoms with Crippen molar-refractivity contribution in [1.29, 1.82) is 0 Å². The van der Waals surface area contributed by atoms with Crippen molar-refractivity contribution in [3.05, 3.63) is 105 Å². The van der Waals surface area contributed by atoms with E-state index in [0.29, 0.717) is 22.1 Å². The van der Waals surface area contributed by atoms with Crippen LogP contribution in [0.4, 0.5) is 11.5 Å². The molecule has 37 heavy (non-hydrogen) atoms. The van der Waals surface area contributed by atoms with Crippen LogP contribution in [-0.4, -0.2) is 35.1 Å². The summed E-state index contributed by atoms with van der Waals surface area (Å²) < 4.78 is 6.73. The van der Waals surface area contributed by atoms with Gasteiger partial charge in [-0.3, -0.25) is 13.9 Å². The van der Waals surface area contributed by atoms with Crippen molar-refractivity contribution in [2.45, 2.75) is 17.9 Å². The molecule has 0 radical (unpaired) electrons. The summed E-state index contributed by atoms with van der Waals surface area (Å²) in [4.78, 5) is 34.4. The molecule has 188 valence electrons. The fourth-order valence-electron chi connectivity index (χ4n) is 4.76. The number of Topliss-reactive ketones (excluding diaryl/α,β-unsaturated/α-hetero) is 1. The smallest absolute Gasteiger partial charge is 0.248 e. The molecule has 1 aliphatic heterocycles. The van der Waals surface area contributed by atoms with Gasteiger partial charge in [0.15, 0.2) is 5.78 Å². The number of thiophene rings is 1. The van der Waals surface area contributed by atoms with Gasteiger partial charge in [-0.05, 0) is 58.3 Å². The summed E-state index contributed by atoms with van der Waals surface area (Å²) in [6, 6.07) is 22.1. The van der Waals surface area contributed by atoms with Crippen molar-refractivity contribution in [1.82, 2.24) is 9.29 Å². The summed E-state index contributed by atoms with van der Waals surface area (Å²) in [5.41, 5.74) is 1.51. The zero-order valence-electron chi connectivity index (χ0n) is 20.2. The SMILES string of the molecule is COc1cccc(N(C)c2cccc(C3(c4ccsc4)CC(=O)C(c4ccccc4Cl)C(=O)N3S)n2)c1. The third-order valence-corrected chi connectivity index (χ3v) is 8.29. The van der Waals surface area contributed by atoms with Crippen LogP contribution in [0.5, 0.6) is 5.75 Å². The fourth-order valence-corrected chi connectivity index (χ4v) is 6.13. The minimum absolute atomic E-state index is 0.00813. The quantitative estimate of drug-likeness (QED) is 0.228. The number of hydrogen-bond donors (Lipinski definition) is 1. The molecule has 1 fully saturated rings. The molecule has 3 heterocycles. The fraction of sp³-hybridized carbons (Fsp3) is 0.179. The summed E-state index contributed by atoms with van der Waals surface area (Å²) >= 11 is 12.6. The Morgan fingerprint density at radius 3 is 2.62 bits per heavy atom. The summed E-state index contributed by atoms with van der Waals surface area (Å²) in [7, 11) is 3.53. The number of ketones is 1. The maximum absolute atomic E-state index is 13.8. The highest BCUT2D eigenvalue weighted by molar-refractivity contribution is 7.78. The first kappa shape index (κ1) is 25.3. The molecule has 0 N–H and O–H groups in total. The molecule has 9 heteroatoms. The highest BCUT2D eigenvalue weighted by atomic mass is 35.5. The molecule has 0 spiro atoms. The molecule has 2 atom stereocenters. The molecule has 0 saturated carbocycles. The maximum atomic E-state index is 13.8. The van der Waals surface area contributed by atoms with Crippen LogP contribution in [0.15, 0.2) is 83.6 Å². The summed E-state index contributed by atoms with van der Waals surface area (Å²) in [5.74, 6) is -0.322. The van der Waals surface area contributed by atoms with Gasteiger partial charge in [0, 0.05) is 30.2 Å². The number of anilines is 2. The average Bonchev–Trinajstić information content (AvgIpc) is 3.47. The monoisotopic (exact) mass is 549 g/mol. The number of piperidine rings is 1. The number of thiol groups is 1. The van der Waals surface area contributed by atoms with Crippen LogP contribution < -0.4 is 9.64 Å². The molecule has 2 aromatic heterocycles. The topological polar surface area (TPSA) is 62.7 Å². The van der Waals surface area contributed by atoms with Gasteiger partial charge in [-0.15, -0.1) is 0 Å². The highest BCUT2D eigenvalue weighted by Crippen LogP contribution is 2.48. The van der Waals surface area contributed by atoms with E-state index in [4.69, 9.17) is 34.1 Å². The van der Waals surface area contributed by atoms with Gasteiger partial charge in [0.1, 0.15) is 23.0 Å². The number of carbonyl (C=O) groups is 2. The van der Waals surface area contributed by atoms with Crippen LogP contribution in [-0.2, 0) is 15.1 Å². The van der Waals surface area contributed by atoms with Crippen LogP contribution >= 0.6 is 35.8 Å². The van der Waals surface area contributed by atoms with E-state index in [0.717, 1.165) is 17.0 Å². The van der Waals surface area contributed by atoms with Crippen molar-refractivity contribution < 1.29 is 14.3 Å². The highest BCUT2D eigenvalue weighted by Gasteiger charge is 2.53. The number of pyridine rings is 1. The zero-order chi connectivity index (χ0) is 26.2. The van der Waals surface area contributed by atoms with Crippen LogP contribution in [0.25, 0.3) is 0 Å². The maximum Gasteiger partial charge on any atom is 0.248 e. The number of halogens is 1. The number of hydrogen-bond acceptors (Lipinski definition) is 7. The lowest BCUT2D eigenvalue weighted by Gasteiger charge is -2.45. The Bertz CT molecular complexity index is 1460. The van der Waals surface area contributed by atoms with Crippen molar-refractivity contribution in [2.24, 2.45) is 0 Å². The first-order chi connectivity index (χ1) is 17.9. The van der Waals surface area contributed by atoms with Crippen LogP contribution in [0.1, 0.15) is 29.2 Å². The van der Waals surface area contributed by atoms with E-state index >= 15 is 0 Å². The predicted octanol–water partition coefficient (Wildman–Crippen LogP) is 6.25. The number of rotatable bonds is 6. The van der Waals surface area contributed by atoms with Crippen LogP contribution in [0.3, 0.4) is 0 Å². The number of nitrogens with zero attached hydrogens (tertiary/aromatic N) is 3. The third-order valence-electron chi connectivity index (χ3n) is 6.73. The molecule has 0 aliphatic carbocycles. The van der Waals surface area contributed by atoms with Crippen LogP contribution in [0, 0.1) is 0 Å². The van der Waals surface area contributed by atoms with Gasteiger partial charge in [-0.2, -0.15) is 11.3 Å². The van der Waals surface area contributed by atoms with Gasteiger partial charge in [-0.1, -0.05) is 54.7 Å². The molecule has 6 nitrogen and oxygen atoms in total. The lowest BCUT2D eigenvalue weighted by molar-refractivity contribution is -0.142. The van der Waals surface area contributed by atoms with E-state index in [1.165, 1.54) is 15.6 Å². The minimum atomic E-state index is -1.18. The summed E-state index contributed by atoms with van der Waals surface area (Å²) in [6.45, 7) is 0. The van der Waals surface area contributed by atoms with Crippen molar-refractivity contribution in [3.8, 4) is 5.75 Å². The predicted molar refractivity (Wildman–Crippen MR) is 150 cm³/mol. The Labute approximate surface area is 230 Å². The van der Waals surface area contributed by atoms with E-state index in [-0.39, 0.29) is 12.2 Å².